The predicted octanol–water partition coefficient (Wildman–Crippen LogP) is 4.45. The molecule has 1 fully saturated rings. The van der Waals surface area contributed by atoms with Crippen molar-refractivity contribution in [2.75, 3.05) is 0 Å². The maximum Gasteiger partial charge on any atom is 0.338 e. The Labute approximate surface area is 189 Å². The molecule has 0 saturated heterocycles. The van der Waals surface area contributed by atoms with Gasteiger partial charge in [0.15, 0.2) is 0 Å². The minimum Gasteiger partial charge on any atom is -0.454 e. The normalized spacial score (nSPS) is 34.3. The molecule has 5 heteroatoms. The first kappa shape index (κ1) is 22.7. The number of carbonyl (C=O) groups is 3. The number of esters is 1. The van der Waals surface area contributed by atoms with Crippen LogP contribution in [0.15, 0.2) is 53.1 Å². The number of benzene rings is 1. The lowest BCUT2D eigenvalue weighted by Gasteiger charge is -2.50. The third kappa shape index (κ3) is 3.57. The number of aldehydes is 2. The van der Waals surface area contributed by atoms with Gasteiger partial charge in [-0.1, -0.05) is 50.1 Å². The minimum atomic E-state index is -0.862. The van der Waals surface area contributed by atoms with Gasteiger partial charge >= 0.3 is 5.97 Å². The van der Waals surface area contributed by atoms with Gasteiger partial charge in [0.25, 0.3) is 0 Å². The van der Waals surface area contributed by atoms with Crippen molar-refractivity contribution in [2.24, 2.45) is 22.7 Å². The SMILES string of the molecule is CC(C)C1=C2C3C[C@@H](OC(=O)c4ccccc4)C(C=O)=C[C@H](O)[C@]3(C)CC[C@@]2(C=O)CC1. The largest absolute Gasteiger partial charge is 0.454 e. The summed E-state index contributed by atoms with van der Waals surface area (Å²) in [4.78, 5) is 37.2. The maximum atomic E-state index is 12.8. The second-order valence-electron chi connectivity index (χ2n) is 10.2. The fourth-order valence-electron chi connectivity index (χ4n) is 6.13. The molecule has 1 N–H and O–H groups in total. The zero-order valence-corrected chi connectivity index (χ0v) is 19.0. The maximum absolute atomic E-state index is 12.8. The second-order valence-corrected chi connectivity index (χ2v) is 10.2. The monoisotopic (exact) mass is 436 g/mol. The molecule has 0 spiro atoms. The lowest BCUT2D eigenvalue weighted by Crippen LogP contribution is -2.48. The molecule has 170 valence electrons. The van der Waals surface area contributed by atoms with E-state index >= 15 is 0 Å². The van der Waals surface area contributed by atoms with Gasteiger partial charge in [-0.25, -0.2) is 4.79 Å². The summed E-state index contributed by atoms with van der Waals surface area (Å²) in [5.41, 5.74) is 2.06. The molecular formula is C27H32O5. The molecule has 5 atom stereocenters. The lowest BCUT2D eigenvalue weighted by atomic mass is 9.54. The third-order valence-electron chi connectivity index (χ3n) is 8.14. The van der Waals surface area contributed by atoms with Gasteiger partial charge in [-0.05, 0) is 62.1 Å². The van der Waals surface area contributed by atoms with Gasteiger partial charge in [0.1, 0.15) is 18.7 Å². The third-order valence-corrected chi connectivity index (χ3v) is 8.14. The highest BCUT2D eigenvalue weighted by molar-refractivity contribution is 5.90. The molecule has 0 aliphatic heterocycles. The average Bonchev–Trinajstić information content (AvgIpc) is 3.15. The van der Waals surface area contributed by atoms with E-state index in [9.17, 15) is 19.5 Å². The van der Waals surface area contributed by atoms with E-state index < -0.39 is 29.0 Å². The van der Waals surface area contributed by atoms with Gasteiger partial charge in [-0.2, -0.15) is 0 Å². The molecule has 0 amide bonds. The minimum absolute atomic E-state index is 0.154. The predicted molar refractivity (Wildman–Crippen MR) is 121 cm³/mol. The van der Waals surface area contributed by atoms with Crippen molar-refractivity contribution in [3.63, 3.8) is 0 Å². The molecule has 1 aromatic rings. The van der Waals surface area contributed by atoms with Crippen LogP contribution < -0.4 is 0 Å². The van der Waals surface area contributed by atoms with Gasteiger partial charge in [-0.3, -0.25) is 4.79 Å². The molecular weight excluding hydrogens is 404 g/mol. The molecule has 0 aromatic heterocycles. The smallest absolute Gasteiger partial charge is 0.338 e. The Morgan fingerprint density at radius 2 is 1.88 bits per heavy atom. The van der Waals surface area contributed by atoms with Crippen LogP contribution in [0.3, 0.4) is 0 Å². The summed E-state index contributed by atoms with van der Waals surface area (Å²) < 4.78 is 5.85. The summed E-state index contributed by atoms with van der Waals surface area (Å²) >= 11 is 0. The van der Waals surface area contributed by atoms with Crippen molar-refractivity contribution in [3.8, 4) is 0 Å². The van der Waals surface area contributed by atoms with Crippen LogP contribution in [-0.4, -0.2) is 35.9 Å². The first-order chi connectivity index (χ1) is 15.3. The van der Waals surface area contributed by atoms with Crippen LogP contribution in [0.2, 0.25) is 0 Å². The van der Waals surface area contributed by atoms with E-state index in [1.807, 2.05) is 13.0 Å². The molecule has 1 aromatic carbocycles. The molecule has 0 bridgehead atoms. The van der Waals surface area contributed by atoms with Gasteiger partial charge in [0, 0.05) is 16.4 Å². The van der Waals surface area contributed by atoms with Crippen LogP contribution in [0.1, 0.15) is 63.2 Å². The average molecular weight is 437 g/mol. The molecule has 4 rings (SSSR count). The number of hydrogen-bond acceptors (Lipinski definition) is 5. The van der Waals surface area contributed by atoms with Gasteiger partial charge < -0.3 is 14.6 Å². The fourth-order valence-corrected chi connectivity index (χ4v) is 6.13. The number of aliphatic hydroxyl groups is 1. The van der Waals surface area contributed by atoms with Crippen LogP contribution in [-0.2, 0) is 14.3 Å². The number of carbonyl (C=O) groups excluding carboxylic acids is 3. The summed E-state index contributed by atoms with van der Waals surface area (Å²) in [6.45, 7) is 6.33. The summed E-state index contributed by atoms with van der Waals surface area (Å²) in [6.07, 6.45) is 5.15. The second kappa shape index (κ2) is 8.43. The quantitative estimate of drug-likeness (QED) is 0.419. The highest BCUT2D eigenvalue weighted by Gasteiger charge is 2.57. The van der Waals surface area contributed by atoms with E-state index in [-0.39, 0.29) is 5.92 Å². The van der Waals surface area contributed by atoms with Crippen LogP contribution in [0.25, 0.3) is 0 Å². The standard InChI is InChI=1S/C27H32O5/c1-17(2)20-9-10-27(16-29)12-11-26(3)21(24(20)27)14-22(19(15-28)13-23(26)30)32-25(31)18-7-5-4-6-8-18/h4-8,13,15-17,21-23,30H,9-12,14H2,1-3H3/t21?,22-,23+,26-,27-/m1/s1. The number of aliphatic hydroxyl groups excluding tert-OH is 1. The Morgan fingerprint density at radius 3 is 2.50 bits per heavy atom. The molecule has 3 aliphatic rings. The number of hydrogen-bond donors (Lipinski definition) is 1. The van der Waals surface area contributed by atoms with Crippen LogP contribution in [0, 0.1) is 22.7 Å². The summed E-state index contributed by atoms with van der Waals surface area (Å²) in [6, 6.07) is 8.70. The zero-order valence-electron chi connectivity index (χ0n) is 19.0. The highest BCUT2D eigenvalue weighted by atomic mass is 16.5. The van der Waals surface area contributed by atoms with Crippen molar-refractivity contribution in [1.29, 1.82) is 0 Å². The summed E-state index contributed by atoms with van der Waals surface area (Å²) in [5.74, 6) is -0.361. The van der Waals surface area contributed by atoms with E-state index in [0.717, 1.165) is 24.7 Å². The van der Waals surface area contributed by atoms with Crippen molar-refractivity contribution in [2.45, 2.75) is 65.1 Å². The topological polar surface area (TPSA) is 80.7 Å². The van der Waals surface area contributed by atoms with Crippen LogP contribution in [0.4, 0.5) is 0 Å². The Hall–Kier alpha value is -2.53. The Bertz CT molecular complexity index is 975. The number of rotatable bonds is 5. The molecule has 1 unspecified atom stereocenters. The Morgan fingerprint density at radius 1 is 1.16 bits per heavy atom. The van der Waals surface area contributed by atoms with Crippen molar-refractivity contribution in [1.82, 2.24) is 0 Å². The van der Waals surface area contributed by atoms with E-state index in [4.69, 9.17) is 4.74 Å². The van der Waals surface area contributed by atoms with Gasteiger partial charge in [-0.15, -0.1) is 0 Å². The first-order valence-corrected chi connectivity index (χ1v) is 11.6. The van der Waals surface area contributed by atoms with E-state index in [2.05, 4.69) is 13.8 Å². The summed E-state index contributed by atoms with van der Waals surface area (Å²) in [5, 5.41) is 11.2. The number of allylic oxidation sites excluding steroid dienone is 2. The zero-order chi connectivity index (χ0) is 23.1. The lowest BCUT2D eigenvalue weighted by molar-refractivity contribution is -0.118. The van der Waals surface area contributed by atoms with Gasteiger partial charge in [0.2, 0.25) is 0 Å². The molecule has 3 aliphatic carbocycles. The summed E-state index contributed by atoms with van der Waals surface area (Å²) in [7, 11) is 0. The van der Waals surface area contributed by atoms with Crippen molar-refractivity contribution < 1.29 is 24.2 Å². The van der Waals surface area contributed by atoms with Crippen LogP contribution >= 0.6 is 0 Å². The molecule has 32 heavy (non-hydrogen) atoms. The first-order valence-electron chi connectivity index (χ1n) is 11.6. The fraction of sp³-hybridized carbons (Fsp3) is 0.519. The molecule has 1 saturated carbocycles. The Balaban J connectivity index is 1.77. The van der Waals surface area contributed by atoms with E-state index in [1.165, 1.54) is 5.57 Å². The van der Waals surface area contributed by atoms with Gasteiger partial charge in [0.05, 0.1) is 11.7 Å². The van der Waals surface area contributed by atoms with Crippen LogP contribution in [0.5, 0.6) is 0 Å². The molecule has 0 heterocycles. The van der Waals surface area contributed by atoms with Crippen molar-refractivity contribution in [3.05, 3.63) is 58.7 Å². The molecule has 0 radical (unpaired) electrons. The van der Waals surface area contributed by atoms with E-state index in [1.54, 1.807) is 30.3 Å². The number of fused-ring (bicyclic) bond motifs is 3. The highest BCUT2D eigenvalue weighted by Crippen LogP contribution is 2.62. The van der Waals surface area contributed by atoms with E-state index in [0.29, 0.717) is 42.6 Å². The Kier molecular flexibility index (Phi) is 5.97. The number of ether oxygens (including phenoxy) is 1. The van der Waals surface area contributed by atoms with Crippen molar-refractivity contribution >= 4 is 18.5 Å². The molecule has 5 nitrogen and oxygen atoms in total.